The van der Waals surface area contributed by atoms with Crippen molar-refractivity contribution in [2.45, 2.75) is 51.6 Å². The molecule has 0 aromatic heterocycles. The number of rotatable bonds is 3. The highest BCUT2D eigenvalue weighted by Crippen LogP contribution is 2.33. The largest absolute Gasteiger partial charge is 0.368 e. The number of hydrogen-bond acceptors (Lipinski definition) is 3. The molecule has 2 amide bonds. The molecule has 29 heavy (non-hydrogen) atoms. The predicted molar refractivity (Wildman–Crippen MR) is 115 cm³/mol. The predicted octanol–water partition coefficient (Wildman–Crippen LogP) is 4.30. The zero-order chi connectivity index (χ0) is 20.6. The van der Waals surface area contributed by atoms with E-state index in [1.807, 2.05) is 42.5 Å². The molecule has 5 heteroatoms. The maximum absolute atomic E-state index is 12.8. The van der Waals surface area contributed by atoms with E-state index in [9.17, 15) is 9.59 Å². The van der Waals surface area contributed by atoms with Crippen molar-refractivity contribution in [1.29, 1.82) is 0 Å². The Bertz CT molecular complexity index is 922. The molecule has 1 saturated heterocycles. The van der Waals surface area contributed by atoms with Crippen molar-refractivity contribution in [3.05, 3.63) is 59.2 Å². The first-order chi connectivity index (χ1) is 13.8. The summed E-state index contributed by atoms with van der Waals surface area (Å²) in [4.78, 5) is 27.3. The number of ether oxygens (including phenoxy) is 1. The quantitative estimate of drug-likeness (QED) is 0.847. The van der Waals surface area contributed by atoms with Gasteiger partial charge in [-0.2, -0.15) is 0 Å². The first kappa shape index (κ1) is 19.6. The summed E-state index contributed by atoms with van der Waals surface area (Å²) in [5.41, 5.74) is 4.56. The number of nitrogens with zero attached hydrogens (tertiary/aromatic N) is 1. The summed E-state index contributed by atoms with van der Waals surface area (Å²) < 4.78 is 5.57. The summed E-state index contributed by atoms with van der Waals surface area (Å²) in [5, 5.41) is 2.97. The fraction of sp³-hybridized carbons (Fsp3) is 0.417. The molecular weight excluding hydrogens is 364 g/mol. The Balaban J connectivity index is 1.49. The van der Waals surface area contributed by atoms with Gasteiger partial charge in [0.15, 0.2) is 0 Å². The van der Waals surface area contributed by atoms with Gasteiger partial charge in [0.2, 0.25) is 0 Å². The molecule has 2 aromatic carbocycles. The van der Waals surface area contributed by atoms with Crippen LogP contribution in [-0.2, 0) is 21.4 Å². The van der Waals surface area contributed by atoms with Crippen LogP contribution < -0.4 is 10.2 Å². The zero-order valence-electron chi connectivity index (χ0n) is 17.3. The standard InChI is InChI=1S/C24H28N2O3/c1-24(2,3)18-9-6-17(7-10-18)22(27)25-19-11-8-16-12-13-26(20(16)15-19)23(28)21-5-4-14-29-21/h6-11,15,21H,4-5,12-14H2,1-3H3,(H,25,27). The molecule has 0 radical (unpaired) electrons. The lowest BCUT2D eigenvalue weighted by atomic mass is 9.87. The van der Waals surface area contributed by atoms with Gasteiger partial charge in [0.05, 0.1) is 0 Å². The summed E-state index contributed by atoms with van der Waals surface area (Å²) in [7, 11) is 0. The highest BCUT2D eigenvalue weighted by atomic mass is 16.5. The van der Waals surface area contributed by atoms with E-state index >= 15 is 0 Å². The molecule has 0 aliphatic carbocycles. The Kier molecular flexibility index (Phi) is 5.17. The molecule has 2 aromatic rings. The van der Waals surface area contributed by atoms with Gasteiger partial charge in [0.1, 0.15) is 6.10 Å². The Morgan fingerprint density at radius 3 is 2.52 bits per heavy atom. The van der Waals surface area contributed by atoms with E-state index in [0.29, 0.717) is 24.4 Å². The van der Waals surface area contributed by atoms with Crippen LogP contribution in [0.2, 0.25) is 0 Å². The van der Waals surface area contributed by atoms with Crippen molar-refractivity contribution in [1.82, 2.24) is 0 Å². The van der Waals surface area contributed by atoms with Crippen LogP contribution in [0.5, 0.6) is 0 Å². The number of benzene rings is 2. The molecule has 1 N–H and O–H groups in total. The SMILES string of the molecule is CC(C)(C)c1ccc(C(=O)Nc2ccc3c(c2)N(C(=O)C2CCCO2)CC3)cc1. The molecule has 0 spiro atoms. The second-order valence-corrected chi connectivity index (χ2v) is 8.87. The minimum absolute atomic E-state index is 0.0301. The number of amides is 2. The van der Waals surface area contributed by atoms with Crippen LogP contribution >= 0.6 is 0 Å². The van der Waals surface area contributed by atoms with Crippen LogP contribution in [0.4, 0.5) is 11.4 Å². The molecule has 2 aliphatic heterocycles. The number of fused-ring (bicyclic) bond motifs is 1. The van der Waals surface area contributed by atoms with Gasteiger partial charge < -0.3 is 15.0 Å². The van der Waals surface area contributed by atoms with Gasteiger partial charge >= 0.3 is 0 Å². The molecule has 5 nitrogen and oxygen atoms in total. The molecule has 1 fully saturated rings. The molecule has 4 rings (SSSR count). The Hall–Kier alpha value is -2.66. The van der Waals surface area contributed by atoms with Crippen LogP contribution in [0.25, 0.3) is 0 Å². The van der Waals surface area contributed by atoms with Gasteiger partial charge in [0.25, 0.3) is 11.8 Å². The minimum atomic E-state index is -0.333. The molecule has 1 atom stereocenters. The van der Waals surface area contributed by atoms with E-state index in [-0.39, 0.29) is 23.3 Å². The van der Waals surface area contributed by atoms with Gasteiger partial charge in [-0.05, 0) is 60.1 Å². The van der Waals surface area contributed by atoms with Crippen LogP contribution in [-0.4, -0.2) is 31.1 Å². The van der Waals surface area contributed by atoms with Crippen molar-refractivity contribution in [3.8, 4) is 0 Å². The van der Waals surface area contributed by atoms with Gasteiger partial charge in [-0.1, -0.05) is 39.0 Å². The number of carbonyl (C=O) groups excluding carboxylic acids is 2. The third kappa shape index (κ3) is 4.06. The van der Waals surface area contributed by atoms with Crippen molar-refractivity contribution in [3.63, 3.8) is 0 Å². The number of nitrogens with one attached hydrogen (secondary N) is 1. The number of anilines is 2. The Morgan fingerprint density at radius 2 is 1.86 bits per heavy atom. The zero-order valence-corrected chi connectivity index (χ0v) is 17.3. The average Bonchev–Trinajstić information content (AvgIpc) is 3.37. The maximum Gasteiger partial charge on any atom is 0.256 e. The third-order valence-electron chi connectivity index (χ3n) is 5.72. The molecule has 152 valence electrons. The first-order valence-corrected chi connectivity index (χ1v) is 10.3. The van der Waals surface area contributed by atoms with Crippen molar-refractivity contribution < 1.29 is 14.3 Å². The molecule has 0 bridgehead atoms. The second-order valence-electron chi connectivity index (χ2n) is 8.87. The van der Waals surface area contributed by atoms with E-state index < -0.39 is 0 Å². The number of hydrogen-bond donors (Lipinski definition) is 1. The van der Waals surface area contributed by atoms with Crippen LogP contribution in [0.1, 0.15) is 55.1 Å². The van der Waals surface area contributed by atoms with E-state index in [4.69, 9.17) is 4.74 Å². The molecule has 2 heterocycles. The lowest BCUT2D eigenvalue weighted by Crippen LogP contribution is -2.37. The fourth-order valence-corrected chi connectivity index (χ4v) is 3.96. The van der Waals surface area contributed by atoms with E-state index in [2.05, 4.69) is 26.1 Å². The Labute approximate surface area is 172 Å². The number of carbonyl (C=O) groups is 2. The van der Waals surface area contributed by atoms with E-state index in [1.54, 1.807) is 4.90 Å². The Morgan fingerprint density at radius 1 is 1.10 bits per heavy atom. The first-order valence-electron chi connectivity index (χ1n) is 10.3. The summed E-state index contributed by atoms with van der Waals surface area (Å²) in [6.07, 6.45) is 2.21. The third-order valence-corrected chi connectivity index (χ3v) is 5.72. The summed E-state index contributed by atoms with van der Waals surface area (Å²) in [6, 6.07) is 13.5. The molecule has 1 unspecified atom stereocenters. The smallest absolute Gasteiger partial charge is 0.256 e. The second kappa shape index (κ2) is 7.64. The van der Waals surface area contributed by atoms with Gasteiger partial charge in [-0.25, -0.2) is 0 Å². The lowest BCUT2D eigenvalue weighted by molar-refractivity contribution is -0.127. The maximum atomic E-state index is 12.8. The van der Waals surface area contributed by atoms with Gasteiger partial charge in [0, 0.05) is 30.1 Å². The van der Waals surface area contributed by atoms with Crippen LogP contribution in [0, 0.1) is 0 Å². The van der Waals surface area contributed by atoms with Gasteiger partial charge in [-0.15, -0.1) is 0 Å². The average molecular weight is 392 g/mol. The lowest BCUT2D eigenvalue weighted by Gasteiger charge is -2.21. The van der Waals surface area contributed by atoms with E-state index in [0.717, 1.165) is 30.5 Å². The topological polar surface area (TPSA) is 58.6 Å². The van der Waals surface area contributed by atoms with Crippen LogP contribution in [0.15, 0.2) is 42.5 Å². The van der Waals surface area contributed by atoms with E-state index in [1.165, 1.54) is 5.56 Å². The summed E-state index contributed by atoms with van der Waals surface area (Å²) in [5.74, 6) is -0.122. The van der Waals surface area contributed by atoms with Crippen molar-refractivity contribution >= 4 is 23.2 Å². The normalized spacial score (nSPS) is 18.6. The summed E-state index contributed by atoms with van der Waals surface area (Å²) in [6.45, 7) is 7.77. The molecule has 2 aliphatic rings. The van der Waals surface area contributed by atoms with Crippen molar-refractivity contribution in [2.24, 2.45) is 0 Å². The highest BCUT2D eigenvalue weighted by molar-refractivity contribution is 6.05. The minimum Gasteiger partial charge on any atom is -0.368 e. The highest BCUT2D eigenvalue weighted by Gasteiger charge is 2.32. The summed E-state index contributed by atoms with van der Waals surface area (Å²) >= 11 is 0. The van der Waals surface area contributed by atoms with Crippen LogP contribution in [0.3, 0.4) is 0 Å². The van der Waals surface area contributed by atoms with Gasteiger partial charge in [-0.3, -0.25) is 9.59 Å². The molecule has 0 saturated carbocycles. The van der Waals surface area contributed by atoms with Crippen molar-refractivity contribution in [2.75, 3.05) is 23.4 Å². The molecular formula is C24H28N2O3. The fourth-order valence-electron chi connectivity index (χ4n) is 3.96. The monoisotopic (exact) mass is 392 g/mol.